The second kappa shape index (κ2) is 7.15. The standard InChI is InChI=1S/C15H21N3O2S/c1-18(8-7-12-5-2-3-9-19-12)11-14-16-15(17-20-14)13-6-4-10-21-13/h4,6,10,12H,2-3,5,7-9,11H2,1H3. The van der Waals surface area contributed by atoms with E-state index < -0.39 is 0 Å². The number of thiophene rings is 1. The Bertz CT molecular complexity index is 535. The third kappa shape index (κ3) is 4.12. The second-order valence-corrected chi connectivity index (χ2v) is 6.45. The minimum atomic E-state index is 0.422. The molecule has 2 aromatic heterocycles. The van der Waals surface area contributed by atoms with Crippen LogP contribution in [-0.4, -0.2) is 41.3 Å². The summed E-state index contributed by atoms with van der Waals surface area (Å²) in [7, 11) is 2.08. The van der Waals surface area contributed by atoms with Crippen molar-refractivity contribution in [3.8, 4) is 10.7 Å². The first-order valence-electron chi connectivity index (χ1n) is 7.48. The minimum absolute atomic E-state index is 0.422. The van der Waals surface area contributed by atoms with Crippen molar-refractivity contribution in [3.05, 3.63) is 23.4 Å². The van der Waals surface area contributed by atoms with Crippen LogP contribution in [0.3, 0.4) is 0 Å². The van der Waals surface area contributed by atoms with Crippen LogP contribution in [0.1, 0.15) is 31.6 Å². The van der Waals surface area contributed by atoms with Gasteiger partial charge in [-0.1, -0.05) is 11.2 Å². The molecule has 1 saturated heterocycles. The van der Waals surface area contributed by atoms with Crippen LogP contribution < -0.4 is 0 Å². The lowest BCUT2D eigenvalue weighted by Crippen LogP contribution is -2.26. The van der Waals surface area contributed by atoms with Crippen LogP contribution in [0.2, 0.25) is 0 Å². The average Bonchev–Trinajstić information content (AvgIpc) is 3.17. The first kappa shape index (κ1) is 14.7. The van der Waals surface area contributed by atoms with Crippen molar-refractivity contribution < 1.29 is 9.26 Å². The van der Waals surface area contributed by atoms with E-state index in [0.717, 1.165) is 24.4 Å². The second-order valence-electron chi connectivity index (χ2n) is 5.50. The molecule has 1 aliphatic rings. The maximum atomic E-state index is 5.75. The molecular formula is C15H21N3O2S. The van der Waals surface area contributed by atoms with Gasteiger partial charge in [0, 0.05) is 13.2 Å². The molecule has 1 atom stereocenters. The van der Waals surface area contributed by atoms with Gasteiger partial charge < -0.3 is 9.26 Å². The third-order valence-corrected chi connectivity index (χ3v) is 4.59. The fourth-order valence-electron chi connectivity index (χ4n) is 2.53. The highest BCUT2D eigenvalue weighted by Crippen LogP contribution is 2.21. The topological polar surface area (TPSA) is 51.4 Å². The summed E-state index contributed by atoms with van der Waals surface area (Å²) >= 11 is 1.62. The van der Waals surface area contributed by atoms with Crippen LogP contribution in [0.5, 0.6) is 0 Å². The number of ether oxygens (including phenoxy) is 1. The predicted octanol–water partition coefficient (Wildman–Crippen LogP) is 3.19. The number of hydrogen-bond donors (Lipinski definition) is 0. The minimum Gasteiger partial charge on any atom is -0.378 e. The van der Waals surface area contributed by atoms with Gasteiger partial charge in [0.25, 0.3) is 0 Å². The number of nitrogens with zero attached hydrogens (tertiary/aromatic N) is 3. The number of rotatable bonds is 6. The van der Waals surface area contributed by atoms with E-state index in [-0.39, 0.29) is 0 Å². The number of hydrogen-bond acceptors (Lipinski definition) is 6. The third-order valence-electron chi connectivity index (χ3n) is 3.72. The molecule has 2 aromatic rings. The Morgan fingerprint density at radius 3 is 3.14 bits per heavy atom. The normalized spacial score (nSPS) is 19.2. The average molecular weight is 307 g/mol. The van der Waals surface area contributed by atoms with Gasteiger partial charge in [-0.25, -0.2) is 0 Å². The van der Waals surface area contributed by atoms with E-state index in [2.05, 4.69) is 22.1 Å². The molecule has 6 heteroatoms. The van der Waals surface area contributed by atoms with E-state index in [1.165, 1.54) is 19.3 Å². The van der Waals surface area contributed by atoms with Gasteiger partial charge in [0.2, 0.25) is 11.7 Å². The molecule has 0 radical (unpaired) electrons. The molecular weight excluding hydrogens is 286 g/mol. The van der Waals surface area contributed by atoms with E-state index in [9.17, 15) is 0 Å². The van der Waals surface area contributed by atoms with Crippen LogP contribution in [0.25, 0.3) is 10.7 Å². The molecule has 0 amide bonds. The van der Waals surface area contributed by atoms with Gasteiger partial charge >= 0.3 is 0 Å². The van der Waals surface area contributed by atoms with E-state index in [0.29, 0.717) is 24.4 Å². The van der Waals surface area contributed by atoms with E-state index >= 15 is 0 Å². The fraction of sp³-hybridized carbons (Fsp3) is 0.600. The van der Waals surface area contributed by atoms with Gasteiger partial charge in [0.1, 0.15) is 0 Å². The molecule has 1 unspecified atom stereocenters. The Labute approximate surface area is 128 Å². The van der Waals surface area contributed by atoms with E-state index in [4.69, 9.17) is 9.26 Å². The van der Waals surface area contributed by atoms with Crippen LogP contribution in [-0.2, 0) is 11.3 Å². The highest BCUT2D eigenvalue weighted by atomic mass is 32.1. The largest absolute Gasteiger partial charge is 0.378 e. The van der Waals surface area contributed by atoms with E-state index in [1.54, 1.807) is 11.3 Å². The molecule has 5 nitrogen and oxygen atoms in total. The monoisotopic (exact) mass is 307 g/mol. The zero-order chi connectivity index (χ0) is 14.5. The van der Waals surface area contributed by atoms with Crippen LogP contribution in [0, 0.1) is 0 Å². The quantitative estimate of drug-likeness (QED) is 0.820. The Hall–Kier alpha value is -1.24. The maximum absolute atomic E-state index is 5.75. The fourth-order valence-corrected chi connectivity index (χ4v) is 3.18. The molecule has 3 rings (SSSR count). The summed E-state index contributed by atoms with van der Waals surface area (Å²) in [6.45, 7) is 2.59. The summed E-state index contributed by atoms with van der Waals surface area (Å²) in [4.78, 5) is 7.70. The highest BCUT2D eigenvalue weighted by molar-refractivity contribution is 7.13. The molecule has 21 heavy (non-hydrogen) atoms. The first-order valence-corrected chi connectivity index (χ1v) is 8.36. The van der Waals surface area contributed by atoms with Crippen LogP contribution >= 0.6 is 11.3 Å². The molecule has 1 fully saturated rings. The Balaban J connectivity index is 1.47. The Morgan fingerprint density at radius 1 is 1.43 bits per heavy atom. The lowest BCUT2D eigenvalue weighted by molar-refractivity contribution is 0.00602. The van der Waals surface area contributed by atoms with Crippen LogP contribution in [0.4, 0.5) is 0 Å². The Kier molecular flexibility index (Phi) is 5.00. The highest BCUT2D eigenvalue weighted by Gasteiger charge is 2.16. The van der Waals surface area contributed by atoms with Crippen molar-refractivity contribution >= 4 is 11.3 Å². The molecule has 0 aromatic carbocycles. The SMILES string of the molecule is CN(CCC1CCCCO1)Cc1nc(-c2cccs2)no1. The van der Waals surface area contributed by atoms with Gasteiger partial charge in [-0.3, -0.25) is 4.90 Å². The summed E-state index contributed by atoms with van der Waals surface area (Å²) in [6.07, 6.45) is 5.19. The summed E-state index contributed by atoms with van der Waals surface area (Å²) in [5.74, 6) is 1.36. The van der Waals surface area contributed by atoms with Crippen molar-refractivity contribution in [2.75, 3.05) is 20.2 Å². The smallest absolute Gasteiger partial charge is 0.241 e. The molecule has 1 aliphatic heterocycles. The van der Waals surface area contributed by atoms with Crippen molar-refractivity contribution in [1.29, 1.82) is 0 Å². The van der Waals surface area contributed by atoms with Gasteiger partial charge in [0.05, 0.1) is 17.5 Å². The lowest BCUT2D eigenvalue weighted by atomic mass is 10.1. The van der Waals surface area contributed by atoms with Crippen molar-refractivity contribution in [2.24, 2.45) is 0 Å². The predicted molar refractivity (Wildman–Crippen MR) is 82.2 cm³/mol. The maximum Gasteiger partial charge on any atom is 0.241 e. The van der Waals surface area contributed by atoms with E-state index in [1.807, 2.05) is 17.5 Å². The summed E-state index contributed by atoms with van der Waals surface area (Å²) in [6, 6.07) is 4.00. The van der Waals surface area contributed by atoms with Crippen molar-refractivity contribution in [1.82, 2.24) is 15.0 Å². The Morgan fingerprint density at radius 2 is 2.38 bits per heavy atom. The molecule has 114 valence electrons. The van der Waals surface area contributed by atoms with Gasteiger partial charge in [-0.05, 0) is 44.2 Å². The molecule has 0 N–H and O–H groups in total. The zero-order valence-electron chi connectivity index (χ0n) is 12.3. The number of aromatic nitrogens is 2. The molecule has 0 spiro atoms. The summed E-state index contributed by atoms with van der Waals surface area (Å²) in [5, 5.41) is 6.05. The van der Waals surface area contributed by atoms with Gasteiger partial charge in [-0.15, -0.1) is 11.3 Å². The van der Waals surface area contributed by atoms with Crippen molar-refractivity contribution in [3.63, 3.8) is 0 Å². The molecule has 0 aliphatic carbocycles. The molecule has 0 bridgehead atoms. The molecule has 0 saturated carbocycles. The summed E-state index contributed by atoms with van der Waals surface area (Å²) in [5.41, 5.74) is 0. The molecule has 3 heterocycles. The van der Waals surface area contributed by atoms with Gasteiger partial charge in [0.15, 0.2) is 0 Å². The summed E-state index contributed by atoms with van der Waals surface area (Å²) < 4.78 is 11.1. The zero-order valence-corrected chi connectivity index (χ0v) is 13.1. The van der Waals surface area contributed by atoms with Crippen LogP contribution in [0.15, 0.2) is 22.0 Å². The van der Waals surface area contributed by atoms with Crippen molar-refractivity contribution in [2.45, 2.75) is 38.3 Å². The van der Waals surface area contributed by atoms with Gasteiger partial charge in [-0.2, -0.15) is 4.98 Å². The lowest BCUT2D eigenvalue weighted by Gasteiger charge is -2.24. The first-order chi connectivity index (χ1) is 10.3.